The van der Waals surface area contributed by atoms with E-state index >= 15 is 4.79 Å². The number of carbonyl (C=O) groups is 1. The van der Waals surface area contributed by atoms with Crippen LogP contribution in [-0.2, 0) is 6.54 Å². The van der Waals surface area contributed by atoms with Gasteiger partial charge in [-0.1, -0.05) is 117 Å². The van der Waals surface area contributed by atoms with Crippen molar-refractivity contribution in [2.24, 2.45) is 33.5 Å². The van der Waals surface area contributed by atoms with E-state index in [0.29, 0.717) is 31.5 Å². The van der Waals surface area contributed by atoms with E-state index in [0.717, 1.165) is 54.4 Å². The van der Waals surface area contributed by atoms with Crippen molar-refractivity contribution in [1.29, 1.82) is 0 Å². The zero-order valence-electron chi connectivity index (χ0n) is 30.0. The number of hydrogen-bond acceptors (Lipinski definition) is 6. The van der Waals surface area contributed by atoms with E-state index in [1.807, 2.05) is 60.7 Å². The fourth-order valence-corrected chi connectivity index (χ4v) is 12.0. The van der Waals surface area contributed by atoms with E-state index in [1.54, 1.807) is 0 Å². The van der Waals surface area contributed by atoms with Crippen LogP contribution in [-0.4, -0.2) is 68.6 Å². The topological polar surface area (TPSA) is 101 Å². The van der Waals surface area contributed by atoms with Crippen LogP contribution in [0.15, 0.2) is 109 Å². The van der Waals surface area contributed by atoms with Crippen LogP contribution in [0.25, 0.3) is 11.1 Å². The molecule has 0 heterocycles. The summed E-state index contributed by atoms with van der Waals surface area (Å²) in [5, 5.41) is 44.6. The summed E-state index contributed by atoms with van der Waals surface area (Å²) in [6.45, 7) is 5.51. The predicted molar refractivity (Wildman–Crippen MR) is 200 cm³/mol. The largest absolute Gasteiger partial charge is 0.394 e. The molecule has 0 amide bonds. The Morgan fingerprint density at radius 3 is 2.24 bits per heavy atom. The number of ketones is 1. The first-order valence-corrected chi connectivity index (χ1v) is 19.1. The van der Waals surface area contributed by atoms with Gasteiger partial charge in [0, 0.05) is 47.0 Å². The van der Waals surface area contributed by atoms with Gasteiger partial charge in [-0.25, -0.2) is 0 Å². The highest BCUT2D eigenvalue weighted by molar-refractivity contribution is 6.14. The summed E-state index contributed by atoms with van der Waals surface area (Å²) >= 11 is 0. The van der Waals surface area contributed by atoms with Crippen LogP contribution < -0.4 is 0 Å². The first-order chi connectivity index (χ1) is 24.5. The van der Waals surface area contributed by atoms with Crippen LogP contribution in [0.4, 0.5) is 0 Å². The summed E-state index contributed by atoms with van der Waals surface area (Å²) in [5.41, 5.74) is 1.92. The minimum Gasteiger partial charge on any atom is -0.394 e. The van der Waals surface area contributed by atoms with Crippen molar-refractivity contribution in [3.63, 3.8) is 0 Å². The molecule has 6 aliphatic rings. The highest BCUT2D eigenvalue weighted by Crippen LogP contribution is 2.78. The fraction of sp³-hybridized carbons (Fsp3) is 0.489. The lowest BCUT2D eigenvalue weighted by molar-refractivity contribution is -0.177. The number of hydrogen-bond donors (Lipinski definition) is 4. The van der Waals surface area contributed by atoms with Crippen LogP contribution in [0.5, 0.6) is 0 Å². The van der Waals surface area contributed by atoms with E-state index in [1.165, 1.54) is 0 Å². The number of aliphatic hydroxyl groups is 4. The van der Waals surface area contributed by atoms with Crippen LogP contribution in [0.1, 0.15) is 74.7 Å². The van der Waals surface area contributed by atoms with Crippen LogP contribution in [0, 0.1) is 33.5 Å². The average molecular weight is 688 g/mol. The zero-order chi connectivity index (χ0) is 35.6. The Morgan fingerprint density at radius 2 is 1.49 bits per heavy atom. The molecule has 0 radical (unpaired) electrons. The van der Waals surface area contributed by atoms with E-state index < -0.39 is 34.1 Å². The van der Waals surface area contributed by atoms with Gasteiger partial charge in [-0.3, -0.25) is 9.69 Å². The molecule has 0 saturated heterocycles. The standard InChI is InChI=1S/C45H53NO5/c1-41-20-17-33(48)25-43(41)23-24-45(37(26-43)40(50)36-16-10-9-15-35(36)32-13-7-4-8-14-32)38(41)18-21-42(2)39(45)19-22-44(42,51)30-46(28-34(49)29-47)27-31-11-5-3-6-12-31/h3-16,23-24,26,33-34,38-39,47-49,51H,17-22,25,27-30H2,1-2H3. The van der Waals surface area contributed by atoms with Crippen molar-refractivity contribution in [1.82, 2.24) is 4.90 Å². The fourth-order valence-electron chi connectivity index (χ4n) is 12.0. The third-order valence-electron chi connectivity index (χ3n) is 14.6. The van der Waals surface area contributed by atoms with Gasteiger partial charge in [0.2, 0.25) is 0 Å². The number of rotatable bonds is 10. The van der Waals surface area contributed by atoms with Gasteiger partial charge in [0.1, 0.15) is 0 Å². The molecule has 6 heteroatoms. The highest BCUT2D eigenvalue weighted by Gasteiger charge is 2.74. The molecule has 268 valence electrons. The van der Waals surface area contributed by atoms with Gasteiger partial charge in [-0.05, 0) is 78.9 Å². The van der Waals surface area contributed by atoms with Crippen molar-refractivity contribution < 1.29 is 25.2 Å². The highest BCUT2D eigenvalue weighted by atomic mass is 16.3. The lowest BCUT2D eigenvalue weighted by Gasteiger charge is -2.71. The smallest absolute Gasteiger partial charge is 0.190 e. The molecule has 9 unspecified atom stereocenters. The van der Waals surface area contributed by atoms with Gasteiger partial charge < -0.3 is 20.4 Å². The van der Waals surface area contributed by atoms with Gasteiger partial charge in [0.05, 0.1) is 24.4 Å². The first-order valence-electron chi connectivity index (χ1n) is 19.1. The van der Waals surface area contributed by atoms with Gasteiger partial charge in [0.25, 0.3) is 0 Å². The monoisotopic (exact) mass is 687 g/mol. The van der Waals surface area contributed by atoms with Gasteiger partial charge in [-0.15, -0.1) is 0 Å². The molecule has 2 bridgehead atoms. The predicted octanol–water partition coefficient (Wildman–Crippen LogP) is 6.98. The van der Waals surface area contributed by atoms with E-state index in [9.17, 15) is 20.4 Å². The molecule has 9 atom stereocenters. The van der Waals surface area contributed by atoms with Crippen molar-refractivity contribution in [2.45, 2.75) is 83.1 Å². The Hall–Kier alpha value is -3.39. The molecule has 0 aromatic heterocycles. The van der Waals surface area contributed by atoms with Crippen molar-refractivity contribution in [3.8, 4) is 11.1 Å². The number of nitrogens with zero attached hydrogens (tertiary/aromatic N) is 1. The van der Waals surface area contributed by atoms with Crippen LogP contribution >= 0.6 is 0 Å². The number of Topliss-reactive ketones (excluding diaryl/α,β-unsaturated/α-hetero) is 1. The molecule has 6 aliphatic carbocycles. The maximum absolute atomic E-state index is 15.4. The minimum atomic E-state index is -1.07. The molecule has 6 nitrogen and oxygen atoms in total. The molecule has 2 spiro atoms. The third-order valence-corrected chi connectivity index (χ3v) is 14.6. The molecule has 3 fully saturated rings. The van der Waals surface area contributed by atoms with E-state index in [4.69, 9.17) is 0 Å². The Balaban J connectivity index is 1.23. The maximum Gasteiger partial charge on any atom is 0.190 e. The first kappa shape index (κ1) is 34.7. The molecule has 0 aliphatic heterocycles. The van der Waals surface area contributed by atoms with E-state index in [2.05, 4.69) is 61.2 Å². The number of carbonyl (C=O) groups excluding carboxylic acids is 1. The lowest BCUT2D eigenvalue weighted by Crippen LogP contribution is -2.67. The quantitative estimate of drug-likeness (QED) is 0.136. The Bertz CT molecular complexity index is 1840. The Morgan fingerprint density at radius 1 is 0.843 bits per heavy atom. The molecule has 4 N–H and O–H groups in total. The minimum absolute atomic E-state index is 0.0207. The molecule has 51 heavy (non-hydrogen) atoms. The number of fused-ring (bicyclic) bond motifs is 1. The van der Waals surface area contributed by atoms with E-state index in [-0.39, 0.29) is 36.2 Å². The second-order valence-electron chi connectivity index (χ2n) is 17.0. The Labute approximate surface area is 302 Å². The van der Waals surface area contributed by atoms with Crippen molar-refractivity contribution >= 4 is 5.78 Å². The second-order valence-corrected chi connectivity index (χ2v) is 17.0. The van der Waals surface area contributed by atoms with Crippen molar-refractivity contribution in [2.75, 3.05) is 19.7 Å². The normalized spacial score (nSPS) is 37.0. The molecular weight excluding hydrogens is 634 g/mol. The van der Waals surface area contributed by atoms with Gasteiger partial charge >= 0.3 is 0 Å². The molecular formula is C45H53NO5. The van der Waals surface area contributed by atoms with Gasteiger partial charge in [-0.2, -0.15) is 0 Å². The molecule has 3 saturated carbocycles. The third kappa shape index (κ3) is 5.20. The Kier molecular flexibility index (Phi) is 8.59. The summed E-state index contributed by atoms with van der Waals surface area (Å²) in [6.07, 6.45) is 11.1. The van der Waals surface area contributed by atoms with Crippen LogP contribution in [0.2, 0.25) is 0 Å². The summed E-state index contributed by atoms with van der Waals surface area (Å²) in [7, 11) is 0. The number of aliphatic hydroxyl groups excluding tert-OH is 3. The van der Waals surface area contributed by atoms with Crippen LogP contribution in [0.3, 0.4) is 0 Å². The zero-order valence-corrected chi connectivity index (χ0v) is 30.0. The maximum atomic E-state index is 15.4. The molecule has 9 rings (SSSR count). The molecule has 3 aromatic rings. The summed E-state index contributed by atoms with van der Waals surface area (Å²) in [5.74, 6) is 0.279. The lowest BCUT2D eigenvalue weighted by atomic mass is 9.32. The number of allylic oxidation sites excluding steroid dienone is 4. The summed E-state index contributed by atoms with van der Waals surface area (Å²) in [4.78, 5) is 17.5. The molecule has 3 aromatic carbocycles. The summed E-state index contributed by atoms with van der Waals surface area (Å²) < 4.78 is 0. The summed E-state index contributed by atoms with van der Waals surface area (Å²) in [6, 6.07) is 28.2. The average Bonchev–Trinajstić information content (AvgIpc) is 3.41. The van der Waals surface area contributed by atoms with Gasteiger partial charge in [0.15, 0.2) is 5.78 Å². The second kappa shape index (κ2) is 12.6. The van der Waals surface area contributed by atoms with Crippen molar-refractivity contribution in [3.05, 3.63) is 120 Å². The SMILES string of the molecule is CC12CCC(O)CC13C=CC1(C(C(=O)c4ccccc4-c4ccccc4)=C3)C2CCC2(C)C1CCC2(O)CN(Cc1ccccc1)CC(O)CO. The number of benzene rings is 3.